The fraction of sp³-hybridized carbons (Fsp3) is 0.353. The van der Waals surface area contributed by atoms with E-state index in [1.54, 1.807) is 31.2 Å². The molecule has 134 valence electrons. The molecule has 0 N–H and O–H groups in total. The van der Waals surface area contributed by atoms with Crippen LogP contribution in [0.2, 0.25) is 0 Å². The van der Waals surface area contributed by atoms with Crippen molar-refractivity contribution in [2.45, 2.75) is 19.9 Å². The minimum atomic E-state index is -0.976. The molecule has 0 unspecified atom stereocenters. The molecule has 0 saturated carbocycles. The lowest BCUT2D eigenvalue weighted by atomic mass is 10.1. The lowest BCUT2D eigenvalue weighted by Gasteiger charge is -2.19. The summed E-state index contributed by atoms with van der Waals surface area (Å²) in [6, 6.07) is 4.15. The van der Waals surface area contributed by atoms with Gasteiger partial charge in [-0.25, -0.2) is 4.79 Å². The minimum Gasteiger partial charge on any atom is -0.497 e. The Morgan fingerprint density at radius 3 is 2.60 bits per heavy atom. The summed E-state index contributed by atoms with van der Waals surface area (Å²) in [5.74, 6) is -0.0378. The first-order valence-electron chi connectivity index (χ1n) is 7.58. The highest BCUT2D eigenvalue weighted by Crippen LogP contribution is 2.36. The van der Waals surface area contributed by atoms with E-state index in [1.165, 1.54) is 21.1 Å². The van der Waals surface area contributed by atoms with Gasteiger partial charge in [0.15, 0.2) is 0 Å². The predicted molar refractivity (Wildman–Crippen MR) is 93.5 cm³/mol. The monoisotopic (exact) mass is 365 g/mol. The van der Waals surface area contributed by atoms with Gasteiger partial charge in [0.25, 0.3) is 11.1 Å². The first-order chi connectivity index (χ1) is 11.9. The lowest BCUT2D eigenvalue weighted by Crippen LogP contribution is -2.42. The Hall–Kier alpha value is -2.48. The molecule has 8 heteroatoms. The Balaban J connectivity index is 2.30. The van der Waals surface area contributed by atoms with Crippen LogP contribution in [0.25, 0.3) is 6.08 Å². The molecule has 0 spiro atoms. The van der Waals surface area contributed by atoms with E-state index >= 15 is 0 Å². The molecule has 25 heavy (non-hydrogen) atoms. The largest absolute Gasteiger partial charge is 0.497 e. The Bertz CT molecular complexity index is 730. The van der Waals surface area contributed by atoms with Crippen LogP contribution in [0, 0.1) is 0 Å². The predicted octanol–water partition coefficient (Wildman–Crippen LogP) is 2.69. The van der Waals surface area contributed by atoms with Gasteiger partial charge in [0, 0.05) is 11.6 Å². The summed E-state index contributed by atoms with van der Waals surface area (Å²) in [6.07, 6.45) is 1.56. The number of ether oxygens (including phenoxy) is 3. The number of methoxy groups -OCH3 is 2. The number of thioether (sulfide) groups is 1. The van der Waals surface area contributed by atoms with Gasteiger partial charge in [0.2, 0.25) is 0 Å². The maximum Gasteiger partial charge on any atom is 0.329 e. The molecule has 1 atom stereocenters. The molecule has 0 aromatic heterocycles. The molecule has 2 amide bonds. The van der Waals surface area contributed by atoms with Crippen LogP contribution in [0.3, 0.4) is 0 Å². The Morgan fingerprint density at radius 2 is 2.00 bits per heavy atom. The fourth-order valence-electron chi connectivity index (χ4n) is 2.26. The summed E-state index contributed by atoms with van der Waals surface area (Å²) in [7, 11) is 3.04. The number of imide groups is 1. The standard InChI is InChI=1S/C17H19NO6S/c1-5-24-16(20)10(2)18-15(19)14(25-17(18)21)8-11-6-7-12(22-3)9-13(11)23-4/h6-10H,5H2,1-4H3/b14-8+/t10-/m0/s1. The summed E-state index contributed by atoms with van der Waals surface area (Å²) in [5, 5.41) is -0.510. The van der Waals surface area contributed by atoms with Crippen LogP contribution >= 0.6 is 11.8 Å². The Labute approximate surface area is 149 Å². The summed E-state index contributed by atoms with van der Waals surface area (Å²) in [4.78, 5) is 37.6. The number of rotatable bonds is 6. The second kappa shape index (κ2) is 8.06. The maximum absolute atomic E-state index is 12.5. The van der Waals surface area contributed by atoms with Gasteiger partial charge in [0.1, 0.15) is 17.5 Å². The smallest absolute Gasteiger partial charge is 0.329 e. The molecule has 1 aromatic rings. The third-order valence-corrected chi connectivity index (χ3v) is 4.45. The second-order valence-corrected chi connectivity index (χ2v) is 6.08. The van der Waals surface area contributed by atoms with Gasteiger partial charge in [-0.1, -0.05) is 0 Å². The zero-order valence-corrected chi connectivity index (χ0v) is 15.2. The number of esters is 1. The number of hydrogen-bond donors (Lipinski definition) is 0. The van der Waals surface area contributed by atoms with Crippen LogP contribution in [-0.2, 0) is 14.3 Å². The highest BCUT2D eigenvalue weighted by Gasteiger charge is 2.41. The number of nitrogens with zero attached hydrogens (tertiary/aromatic N) is 1. The highest BCUT2D eigenvalue weighted by atomic mass is 32.2. The molecule has 1 aromatic carbocycles. The van der Waals surface area contributed by atoms with Crippen molar-refractivity contribution in [2.24, 2.45) is 0 Å². The Kier molecular flexibility index (Phi) is 6.08. The zero-order chi connectivity index (χ0) is 18.6. The average molecular weight is 365 g/mol. The minimum absolute atomic E-state index is 0.179. The van der Waals surface area contributed by atoms with Crippen molar-refractivity contribution in [3.8, 4) is 11.5 Å². The molecule has 1 aliphatic heterocycles. The fourth-order valence-corrected chi connectivity index (χ4v) is 3.16. The van der Waals surface area contributed by atoms with Gasteiger partial charge in [0.05, 0.1) is 25.7 Å². The second-order valence-electron chi connectivity index (χ2n) is 5.09. The number of carbonyl (C=O) groups excluding carboxylic acids is 3. The third-order valence-electron chi connectivity index (χ3n) is 3.57. The quantitative estimate of drug-likeness (QED) is 0.566. The van der Waals surface area contributed by atoms with Crippen molar-refractivity contribution in [1.29, 1.82) is 0 Å². The van der Waals surface area contributed by atoms with Gasteiger partial charge in [-0.15, -0.1) is 0 Å². The molecule has 0 bridgehead atoms. The Morgan fingerprint density at radius 1 is 1.28 bits per heavy atom. The van der Waals surface area contributed by atoms with Crippen LogP contribution in [0.4, 0.5) is 4.79 Å². The van der Waals surface area contributed by atoms with E-state index < -0.39 is 23.2 Å². The molecule has 7 nitrogen and oxygen atoms in total. The van der Waals surface area contributed by atoms with E-state index in [4.69, 9.17) is 14.2 Å². The first kappa shape index (κ1) is 18.9. The van der Waals surface area contributed by atoms with Crippen molar-refractivity contribution in [1.82, 2.24) is 4.90 Å². The van der Waals surface area contributed by atoms with E-state index in [1.807, 2.05) is 0 Å². The van der Waals surface area contributed by atoms with Gasteiger partial charge in [-0.05, 0) is 43.8 Å². The van der Waals surface area contributed by atoms with Crippen molar-refractivity contribution >= 4 is 35.0 Å². The molecule has 0 aliphatic carbocycles. The first-order valence-corrected chi connectivity index (χ1v) is 8.40. The number of benzene rings is 1. The van der Waals surface area contributed by atoms with Gasteiger partial charge >= 0.3 is 5.97 Å². The number of hydrogen-bond acceptors (Lipinski definition) is 7. The van der Waals surface area contributed by atoms with Crippen LogP contribution in [0.1, 0.15) is 19.4 Å². The van der Waals surface area contributed by atoms with Gasteiger partial charge < -0.3 is 14.2 Å². The average Bonchev–Trinajstić information content (AvgIpc) is 2.88. The molecular formula is C17H19NO6S. The van der Waals surface area contributed by atoms with Crippen molar-refractivity contribution in [2.75, 3.05) is 20.8 Å². The van der Waals surface area contributed by atoms with E-state index in [0.29, 0.717) is 17.1 Å². The molecule has 2 rings (SSSR count). The van der Waals surface area contributed by atoms with Crippen molar-refractivity contribution < 1.29 is 28.6 Å². The normalized spacial score (nSPS) is 17.0. The number of amides is 2. The lowest BCUT2D eigenvalue weighted by molar-refractivity contribution is -0.150. The molecule has 1 aliphatic rings. The number of carbonyl (C=O) groups is 3. The van der Waals surface area contributed by atoms with E-state index in [9.17, 15) is 14.4 Å². The molecule has 1 fully saturated rings. The zero-order valence-electron chi connectivity index (χ0n) is 14.4. The molecule has 1 heterocycles. The van der Waals surface area contributed by atoms with E-state index in [0.717, 1.165) is 16.7 Å². The molecular weight excluding hydrogens is 346 g/mol. The van der Waals surface area contributed by atoms with Crippen molar-refractivity contribution in [3.63, 3.8) is 0 Å². The third kappa shape index (κ3) is 3.96. The SMILES string of the molecule is CCOC(=O)[C@H](C)N1C(=O)S/C(=C/c2ccc(OC)cc2OC)C1=O. The summed E-state index contributed by atoms with van der Waals surface area (Å²) in [5.41, 5.74) is 0.623. The summed E-state index contributed by atoms with van der Waals surface area (Å²) < 4.78 is 15.3. The molecule has 1 saturated heterocycles. The van der Waals surface area contributed by atoms with Crippen LogP contribution in [-0.4, -0.2) is 48.9 Å². The van der Waals surface area contributed by atoms with Gasteiger partial charge in [-0.2, -0.15) is 0 Å². The van der Waals surface area contributed by atoms with Crippen molar-refractivity contribution in [3.05, 3.63) is 28.7 Å². The summed E-state index contributed by atoms with van der Waals surface area (Å²) >= 11 is 0.774. The van der Waals surface area contributed by atoms with E-state index in [2.05, 4.69) is 0 Å². The molecule has 0 radical (unpaired) electrons. The van der Waals surface area contributed by atoms with Crippen LogP contribution in [0.5, 0.6) is 11.5 Å². The highest BCUT2D eigenvalue weighted by molar-refractivity contribution is 8.18. The maximum atomic E-state index is 12.5. The van der Waals surface area contributed by atoms with Crippen LogP contribution in [0.15, 0.2) is 23.1 Å². The topological polar surface area (TPSA) is 82.1 Å². The summed E-state index contributed by atoms with van der Waals surface area (Å²) in [6.45, 7) is 3.30. The van der Waals surface area contributed by atoms with Crippen LogP contribution < -0.4 is 9.47 Å². The van der Waals surface area contributed by atoms with Gasteiger partial charge in [-0.3, -0.25) is 14.5 Å². The van der Waals surface area contributed by atoms with E-state index in [-0.39, 0.29) is 11.5 Å².